The molecule has 6 heteroatoms. The molecule has 0 aliphatic rings. The number of hydrogen-bond acceptors (Lipinski definition) is 5. The third-order valence-electron chi connectivity index (χ3n) is 4.49. The van der Waals surface area contributed by atoms with Gasteiger partial charge in [-0.1, -0.05) is 65.3 Å². The molecule has 0 spiro atoms. The Labute approximate surface area is 170 Å². The Balaban J connectivity index is 1.76. The number of amides is 1. The van der Waals surface area contributed by atoms with E-state index in [1.165, 1.54) is 4.90 Å². The van der Waals surface area contributed by atoms with Crippen molar-refractivity contribution in [1.29, 1.82) is 0 Å². The molecule has 0 radical (unpaired) electrons. The maximum absolute atomic E-state index is 13.0. The first-order chi connectivity index (χ1) is 14.1. The van der Waals surface area contributed by atoms with Crippen molar-refractivity contribution in [3.8, 4) is 11.3 Å². The summed E-state index contributed by atoms with van der Waals surface area (Å²) in [6.45, 7) is 4.22. The van der Waals surface area contributed by atoms with E-state index in [-0.39, 0.29) is 24.8 Å². The molecule has 0 unspecified atom stereocenters. The lowest BCUT2D eigenvalue weighted by molar-refractivity contribution is -0.143. The van der Waals surface area contributed by atoms with Crippen LogP contribution in [0.25, 0.3) is 11.3 Å². The van der Waals surface area contributed by atoms with Gasteiger partial charge < -0.3 is 14.2 Å². The molecule has 2 aromatic carbocycles. The third kappa shape index (κ3) is 5.54. The lowest BCUT2D eigenvalue weighted by Crippen LogP contribution is -2.37. The van der Waals surface area contributed by atoms with Crippen LogP contribution in [0.5, 0.6) is 0 Å². The van der Waals surface area contributed by atoms with Crippen molar-refractivity contribution in [3.63, 3.8) is 0 Å². The summed E-state index contributed by atoms with van der Waals surface area (Å²) < 4.78 is 10.3. The van der Waals surface area contributed by atoms with Gasteiger partial charge in [-0.15, -0.1) is 0 Å². The van der Waals surface area contributed by atoms with Gasteiger partial charge in [0.2, 0.25) is 5.76 Å². The minimum atomic E-state index is -0.452. The SMILES string of the molecule is CCOC(=O)CN(CCc1ccccc1)C(=O)c1cc(-c2ccc(C)cc2)no1. The van der Waals surface area contributed by atoms with Crippen molar-refractivity contribution >= 4 is 11.9 Å². The summed E-state index contributed by atoms with van der Waals surface area (Å²) in [7, 11) is 0. The van der Waals surface area contributed by atoms with Gasteiger partial charge in [-0.3, -0.25) is 9.59 Å². The van der Waals surface area contributed by atoms with Crippen LogP contribution in [0.4, 0.5) is 0 Å². The fraction of sp³-hybridized carbons (Fsp3) is 0.261. The van der Waals surface area contributed by atoms with E-state index in [2.05, 4.69) is 5.16 Å². The number of hydrogen-bond donors (Lipinski definition) is 0. The summed E-state index contributed by atoms with van der Waals surface area (Å²) >= 11 is 0. The zero-order valence-corrected chi connectivity index (χ0v) is 16.6. The number of aromatic nitrogens is 1. The number of ether oxygens (including phenoxy) is 1. The van der Waals surface area contributed by atoms with Gasteiger partial charge in [-0.05, 0) is 25.8 Å². The Kier molecular flexibility index (Phi) is 6.79. The highest BCUT2D eigenvalue weighted by Gasteiger charge is 2.23. The van der Waals surface area contributed by atoms with Gasteiger partial charge in [-0.2, -0.15) is 0 Å². The summed E-state index contributed by atoms with van der Waals surface area (Å²) in [5, 5.41) is 4.01. The number of aryl methyl sites for hydroxylation is 1. The van der Waals surface area contributed by atoms with Crippen LogP contribution in [-0.2, 0) is 16.0 Å². The predicted octanol–water partition coefficient (Wildman–Crippen LogP) is 3.90. The van der Waals surface area contributed by atoms with Crippen LogP contribution < -0.4 is 0 Å². The van der Waals surface area contributed by atoms with Gasteiger partial charge >= 0.3 is 5.97 Å². The number of carbonyl (C=O) groups is 2. The average molecular weight is 392 g/mol. The highest BCUT2D eigenvalue weighted by atomic mass is 16.5. The summed E-state index contributed by atoms with van der Waals surface area (Å²) in [4.78, 5) is 26.4. The molecule has 6 nitrogen and oxygen atoms in total. The summed E-state index contributed by atoms with van der Waals surface area (Å²) in [6.07, 6.45) is 0.616. The zero-order chi connectivity index (χ0) is 20.6. The smallest absolute Gasteiger partial charge is 0.325 e. The number of benzene rings is 2. The minimum Gasteiger partial charge on any atom is -0.465 e. The van der Waals surface area contributed by atoms with Crippen molar-refractivity contribution in [2.45, 2.75) is 20.3 Å². The molecule has 3 aromatic rings. The van der Waals surface area contributed by atoms with Crippen LogP contribution in [0, 0.1) is 6.92 Å². The lowest BCUT2D eigenvalue weighted by atomic mass is 10.1. The molecular formula is C23H24N2O4. The number of carbonyl (C=O) groups excluding carboxylic acids is 2. The molecule has 1 aromatic heterocycles. The Morgan fingerprint density at radius 1 is 1.07 bits per heavy atom. The Morgan fingerprint density at radius 3 is 2.48 bits per heavy atom. The highest BCUT2D eigenvalue weighted by Crippen LogP contribution is 2.20. The van der Waals surface area contributed by atoms with Crippen LogP contribution >= 0.6 is 0 Å². The molecule has 150 valence electrons. The first-order valence-electron chi connectivity index (χ1n) is 9.59. The van der Waals surface area contributed by atoms with Gasteiger partial charge in [-0.25, -0.2) is 0 Å². The van der Waals surface area contributed by atoms with Gasteiger partial charge in [0, 0.05) is 18.2 Å². The fourth-order valence-electron chi connectivity index (χ4n) is 2.92. The van der Waals surface area contributed by atoms with E-state index in [1.807, 2.05) is 61.5 Å². The number of nitrogens with zero attached hydrogens (tertiary/aromatic N) is 2. The largest absolute Gasteiger partial charge is 0.465 e. The van der Waals surface area contributed by atoms with Crippen molar-refractivity contribution in [2.75, 3.05) is 19.7 Å². The molecular weight excluding hydrogens is 368 g/mol. The van der Waals surface area contributed by atoms with E-state index in [9.17, 15) is 9.59 Å². The molecule has 0 atom stereocenters. The fourth-order valence-corrected chi connectivity index (χ4v) is 2.92. The summed E-state index contributed by atoms with van der Waals surface area (Å²) in [6, 6.07) is 19.2. The van der Waals surface area contributed by atoms with E-state index in [1.54, 1.807) is 13.0 Å². The Hall–Kier alpha value is -3.41. The second-order valence-electron chi connectivity index (χ2n) is 6.71. The maximum atomic E-state index is 13.0. The first-order valence-corrected chi connectivity index (χ1v) is 9.59. The van der Waals surface area contributed by atoms with E-state index in [0.29, 0.717) is 18.7 Å². The van der Waals surface area contributed by atoms with Crippen LogP contribution in [0.2, 0.25) is 0 Å². The first kappa shape index (κ1) is 20.3. The maximum Gasteiger partial charge on any atom is 0.325 e. The monoisotopic (exact) mass is 392 g/mol. The molecule has 1 heterocycles. The molecule has 0 bridgehead atoms. The van der Waals surface area contributed by atoms with Crippen molar-refractivity contribution in [3.05, 3.63) is 77.6 Å². The number of rotatable bonds is 8. The van der Waals surface area contributed by atoms with Gasteiger partial charge in [0.1, 0.15) is 12.2 Å². The predicted molar refractivity (Wildman–Crippen MR) is 109 cm³/mol. The molecule has 0 aliphatic carbocycles. The molecule has 29 heavy (non-hydrogen) atoms. The second kappa shape index (κ2) is 9.68. The van der Waals surface area contributed by atoms with E-state index in [0.717, 1.165) is 16.7 Å². The zero-order valence-electron chi connectivity index (χ0n) is 16.6. The van der Waals surface area contributed by atoms with Crippen molar-refractivity contribution < 1.29 is 18.8 Å². The Morgan fingerprint density at radius 2 is 1.79 bits per heavy atom. The Bertz CT molecular complexity index is 949. The van der Waals surface area contributed by atoms with Gasteiger partial charge in [0.05, 0.1) is 6.61 Å². The van der Waals surface area contributed by atoms with Crippen LogP contribution in [0.3, 0.4) is 0 Å². The standard InChI is InChI=1S/C23H24N2O4/c1-3-28-22(26)16-25(14-13-18-7-5-4-6-8-18)23(27)21-15-20(24-29-21)19-11-9-17(2)10-12-19/h4-12,15H,3,13-14,16H2,1-2H3. The van der Waals surface area contributed by atoms with Crippen LogP contribution in [0.1, 0.15) is 28.6 Å². The molecule has 0 fully saturated rings. The molecule has 1 amide bonds. The summed E-state index contributed by atoms with van der Waals surface area (Å²) in [5.74, 6) is -0.745. The topological polar surface area (TPSA) is 72.6 Å². The van der Waals surface area contributed by atoms with Crippen molar-refractivity contribution in [1.82, 2.24) is 10.1 Å². The summed E-state index contributed by atoms with van der Waals surface area (Å²) in [5.41, 5.74) is 3.65. The van der Waals surface area contributed by atoms with Crippen LogP contribution in [0.15, 0.2) is 65.2 Å². The average Bonchev–Trinajstić information content (AvgIpc) is 3.22. The quantitative estimate of drug-likeness (QED) is 0.544. The highest BCUT2D eigenvalue weighted by molar-refractivity contribution is 5.94. The van der Waals surface area contributed by atoms with E-state index < -0.39 is 5.97 Å². The normalized spacial score (nSPS) is 10.6. The minimum absolute atomic E-state index is 0.0953. The van der Waals surface area contributed by atoms with E-state index in [4.69, 9.17) is 9.26 Å². The lowest BCUT2D eigenvalue weighted by Gasteiger charge is -2.20. The molecule has 0 aliphatic heterocycles. The second-order valence-corrected chi connectivity index (χ2v) is 6.71. The molecule has 0 saturated heterocycles. The van der Waals surface area contributed by atoms with Gasteiger partial charge in [0.15, 0.2) is 0 Å². The molecule has 0 N–H and O–H groups in total. The molecule has 3 rings (SSSR count). The van der Waals surface area contributed by atoms with E-state index >= 15 is 0 Å². The molecule has 0 saturated carbocycles. The van der Waals surface area contributed by atoms with Crippen molar-refractivity contribution in [2.24, 2.45) is 0 Å². The third-order valence-corrected chi connectivity index (χ3v) is 4.49. The van der Waals surface area contributed by atoms with Crippen LogP contribution in [-0.4, -0.2) is 41.6 Å². The van der Waals surface area contributed by atoms with Gasteiger partial charge in [0.25, 0.3) is 5.91 Å². The number of esters is 1.